The molecular weight excluding hydrogens is 232 g/mol. The SMILES string of the molecule is COC(=O)C(NC(=O)N1CCCCCC1)C(C)C. The molecule has 1 N–H and O–H groups in total. The van der Waals surface area contributed by atoms with Crippen LogP contribution in [0.15, 0.2) is 0 Å². The first-order valence-corrected chi connectivity index (χ1v) is 6.69. The smallest absolute Gasteiger partial charge is 0.328 e. The number of carbonyl (C=O) groups is 2. The maximum atomic E-state index is 12.1. The number of methoxy groups -OCH3 is 1. The number of nitrogens with one attached hydrogen (secondary N) is 1. The molecule has 5 heteroatoms. The van der Waals surface area contributed by atoms with Crippen molar-refractivity contribution in [2.75, 3.05) is 20.2 Å². The molecule has 1 heterocycles. The first-order valence-electron chi connectivity index (χ1n) is 6.69. The lowest BCUT2D eigenvalue weighted by Gasteiger charge is -2.26. The van der Waals surface area contributed by atoms with Crippen molar-refractivity contribution in [2.24, 2.45) is 5.92 Å². The number of esters is 1. The van der Waals surface area contributed by atoms with E-state index < -0.39 is 6.04 Å². The van der Waals surface area contributed by atoms with Crippen molar-refractivity contribution >= 4 is 12.0 Å². The van der Waals surface area contributed by atoms with Gasteiger partial charge < -0.3 is 15.0 Å². The van der Waals surface area contributed by atoms with E-state index in [1.807, 2.05) is 13.8 Å². The zero-order chi connectivity index (χ0) is 13.5. The third kappa shape index (κ3) is 4.20. The van der Waals surface area contributed by atoms with Crippen LogP contribution in [0.5, 0.6) is 0 Å². The van der Waals surface area contributed by atoms with Gasteiger partial charge in [0.05, 0.1) is 7.11 Å². The summed E-state index contributed by atoms with van der Waals surface area (Å²) in [5, 5.41) is 2.78. The number of hydrogen-bond acceptors (Lipinski definition) is 3. The van der Waals surface area contributed by atoms with Crippen LogP contribution in [0.3, 0.4) is 0 Å². The van der Waals surface area contributed by atoms with Gasteiger partial charge in [0.1, 0.15) is 6.04 Å². The number of nitrogens with zero attached hydrogens (tertiary/aromatic N) is 1. The monoisotopic (exact) mass is 256 g/mol. The van der Waals surface area contributed by atoms with Gasteiger partial charge in [-0.1, -0.05) is 26.7 Å². The van der Waals surface area contributed by atoms with Gasteiger partial charge in [0.15, 0.2) is 0 Å². The molecule has 104 valence electrons. The van der Waals surface area contributed by atoms with E-state index >= 15 is 0 Å². The average Bonchev–Trinajstić information content (AvgIpc) is 2.63. The molecule has 1 fully saturated rings. The van der Waals surface area contributed by atoms with Crippen LogP contribution in [-0.4, -0.2) is 43.1 Å². The Morgan fingerprint density at radius 1 is 1.11 bits per heavy atom. The van der Waals surface area contributed by atoms with Crippen LogP contribution in [0.2, 0.25) is 0 Å². The number of carbonyl (C=O) groups excluding carboxylic acids is 2. The molecule has 1 rings (SSSR count). The van der Waals surface area contributed by atoms with E-state index in [0.29, 0.717) is 0 Å². The lowest BCUT2D eigenvalue weighted by molar-refractivity contribution is -0.144. The van der Waals surface area contributed by atoms with Crippen molar-refractivity contribution in [3.05, 3.63) is 0 Å². The highest BCUT2D eigenvalue weighted by Crippen LogP contribution is 2.11. The summed E-state index contributed by atoms with van der Waals surface area (Å²) in [6.45, 7) is 5.34. The Hall–Kier alpha value is -1.26. The summed E-state index contributed by atoms with van der Waals surface area (Å²) in [4.78, 5) is 25.5. The molecule has 1 saturated heterocycles. The van der Waals surface area contributed by atoms with E-state index in [1.165, 1.54) is 20.0 Å². The van der Waals surface area contributed by atoms with Gasteiger partial charge in [0.2, 0.25) is 0 Å². The molecule has 0 bridgehead atoms. The fourth-order valence-corrected chi connectivity index (χ4v) is 2.12. The molecule has 0 saturated carbocycles. The molecule has 0 aromatic rings. The molecule has 0 aliphatic carbocycles. The Bertz CT molecular complexity index is 284. The first-order chi connectivity index (χ1) is 8.56. The molecule has 1 unspecified atom stereocenters. The van der Waals surface area contributed by atoms with Gasteiger partial charge >= 0.3 is 12.0 Å². The number of hydrogen-bond donors (Lipinski definition) is 1. The second-order valence-electron chi connectivity index (χ2n) is 5.10. The van der Waals surface area contributed by atoms with Crippen LogP contribution in [-0.2, 0) is 9.53 Å². The lowest BCUT2D eigenvalue weighted by Crippen LogP contribution is -2.50. The predicted octanol–water partition coefficient (Wildman–Crippen LogP) is 1.77. The molecule has 2 amide bonds. The highest BCUT2D eigenvalue weighted by atomic mass is 16.5. The van der Waals surface area contributed by atoms with Crippen molar-refractivity contribution in [1.29, 1.82) is 0 Å². The molecule has 1 atom stereocenters. The number of rotatable bonds is 3. The van der Waals surface area contributed by atoms with Gasteiger partial charge in [-0.25, -0.2) is 9.59 Å². The van der Waals surface area contributed by atoms with Gasteiger partial charge in [0, 0.05) is 13.1 Å². The maximum Gasteiger partial charge on any atom is 0.328 e. The number of amides is 2. The largest absolute Gasteiger partial charge is 0.467 e. The van der Waals surface area contributed by atoms with Gasteiger partial charge in [0.25, 0.3) is 0 Å². The number of urea groups is 1. The van der Waals surface area contributed by atoms with E-state index in [0.717, 1.165) is 25.9 Å². The van der Waals surface area contributed by atoms with Gasteiger partial charge in [-0.15, -0.1) is 0 Å². The van der Waals surface area contributed by atoms with E-state index in [4.69, 9.17) is 4.74 Å². The summed E-state index contributed by atoms with van der Waals surface area (Å²) in [7, 11) is 1.34. The van der Waals surface area contributed by atoms with Crippen molar-refractivity contribution in [2.45, 2.75) is 45.6 Å². The number of ether oxygens (including phenoxy) is 1. The summed E-state index contributed by atoms with van der Waals surface area (Å²) in [5.41, 5.74) is 0. The minimum absolute atomic E-state index is 0.0216. The highest BCUT2D eigenvalue weighted by Gasteiger charge is 2.27. The topological polar surface area (TPSA) is 58.6 Å². The van der Waals surface area contributed by atoms with E-state index in [-0.39, 0.29) is 17.9 Å². The van der Waals surface area contributed by atoms with Crippen molar-refractivity contribution in [3.8, 4) is 0 Å². The standard InChI is InChI=1S/C13H24N2O3/c1-10(2)11(12(16)18-3)14-13(17)15-8-6-4-5-7-9-15/h10-11H,4-9H2,1-3H3,(H,14,17). The average molecular weight is 256 g/mol. The maximum absolute atomic E-state index is 12.1. The summed E-state index contributed by atoms with van der Waals surface area (Å²) < 4.78 is 4.71. The molecule has 0 radical (unpaired) electrons. The Morgan fingerprint density at radius 2 is 1.67 bits per heavy atom. The highest BCUT2D eigenvalue weighted by molar-refractivity contribution is 5.83. The third-order valence-electron chi connectivity index (χ3n) is 3.29. The van der Waals surface area contributed by atoms with Gasteiger partial charge in [-0.05, 0) is 18.8 Å². The van der Waals surface area contributed by atoms with E-state index in [1.54, 1.807) is 4.90 Å². The van der Waals surface area contributed by atoms with Gasteiger partial charge in [-0.3, -0.25) is 0 Å². The second kappa shape index (κ2) is 7.24. The van der Waals surface area contributed by atoms with E-state index in [2.05, 4.69) is 5.32 Å². The minimum atomic E-state index is -0.564. The second-order valence-corrected chi connectivity index (χ2v) is 5.10. The minimum Gasteiger partial charge on any atom is -0.467 e. The third-order valence-corrected chi connectivity index (χ3v) is 3.29. The van der Waals surface area contributed by atoms with Crippen molar-refractivity contribution in [3.63, 3.8) is 0 Å². The van der Waals surface area contributed by atoms with Crippen LogP contribution >= 0.6 is 0 Å². The van der Waals surface area contributed by atoms with Crippen LogP contribution in [0.4, 0.5) is 4.79 Å². The molecular formula is C13H24N2O3. The van der Waals surface area contributed by atoms with Crippen molar-refractivity contribution in [1.82, 2.24) is 10.2 Å². The number of likely N-dealkylation sites (tertiary alicyclic amines) is 1. The molecule has 0 spiro atoms. The molecule has 1 aliphatic heterocycles. The van der Waals surface area contributed by atoms with Crippen LogP contribution in [0, 0.1) is 5.92 Å². The Balaban J connectivity index is 2.56. The zero-order valence-corrected chi connectivity index (χ0v) is 11.6. The molecule has 5 nitrogen and oxygen atoms in total. The zero-order valence-electron chi connectivity index (χ0n) is 11.6. The van der Waals surface area contributed by atoms with E-state index in [9.17, 15) is 9.59 Å². The molecule has 1 aliphatic rings. The normalized spacial score (nSPS) is 18.1. The van der Waals surface area contributed by atoms with Crippen LogP contribution in [0.1, 0.15) is 39.5 Å². The van der Waals surface area contributed by atoms with Gasteiger partial charge in [-0.2, -0.15) is 0 Å². The summed E-state index contributed by atoms with van der Waals surface area (Å²) in [6.07, 6.45) is 4.43. The van der Waals surface area contributed by atoms with Crippen molar-refractivity contribution < 1.29 is 14.3 Å². The fourth-order valence-electron chi connectivity index (χ4n) is 2.12. The molecule has 18 heavy (non-hydrogen) atoms. The Kier molecular flexibility index (Phi) is 5.95. The lowest BCUT2D eigenvalue weighted by atomic mass is 10.1. The predicted molar refractivity (Wildman–Crippen MR) is 69.2 cm³/mol. The van der Waals surface area contributed by atoms with Crippen LogP contribution < -0.4 is 5.32 Å². The summed E-state index contributed by atoms with van der Waals surface area (Å²) in [6, 6.07) is -0.716. The fraction of sp³-hybridized carbons (Fsp3) is 0.846. The molecule has 0 aromatic heterocycles. The first kappa shape index (κ1) is 14.8. The Labute approximate surface area is 109 Å². The summed E-state index contributed by atoms with van der Waals surface area (Å²) >= 11 is 0. The molecule has 0 aromatic carbocycles. The van der Waals surface area contributed by atoms with Crippen LogP contribution in [0.25, 0.3) is 0 Å². The quantitative estimate of drug-likeness (QED) is 0.783. The summed E-state index contributed by atoms with van der Waals surface area (Å²) in [5.74, 6) is -0.360. The Morgan fingerprint density at radius 3 is 2.11 bits per heavy atom.